The van der Waals surface area contributed by atoms with Crippen LogP contribution in [0.5, 0.6) is 11.5 Å². The van der Waals surface area contributed by atoms with Gasteiger partial charge in [-0.15, -0.1) is 0 Å². The van der Waals surface area contributed by atoms with Crippen molar-refractivity contribution in [2.45, 2.75) is 17.5 Å². The van der Waals surface area contributed by atoms with Crippen molar-refractivity contribution >= 4 is 44.6 Å². The van der Waals surface area contributed by atoms with Gasteiger partial charge in [0.25, 0.3) is 5.56 Å². The molecule has 0 aliphatic heterocycles. The molecule has 0 spiro atoms. The van der Waals surface area contributed by atoms with E-state index in [4.69, 9.17) is 14.2 Å². The van der Waals surface area contributed by atoms with Crippen LogP contribution in [0.1, 0.15) is 5.56 Å². The Kier molecular flexibility index (Phi) is 6.81. The zero-order chi connectivity index (χ0) is 21.0. The highest BCUT2D eigenvalue weighted by molar-refractivity contribution is 9.10. The number of carbonyl (C=O) groups excluding carboxylic acids is 1. The van der Waals surface area contributed by atoms with Crippen LogP contribution in [0.3, 0.4) is 0 Å². The predicted octanol–water partition coefficient (Wildman–Crippen LogP) is 3.64. The van der Waals surface area contributed by atoms with E-state index >= 15 is 0 Å². The lowest BCUT2D eigenvalue weighted by Crippen LogP contribution is -2.27. The standard InChI is InChI=1S/C20H19BrN2O5S/c1-26-16-8-12(14(21)9-17(16)27-2)11-29-20-22-15-7-5-4-6-13(15)19(25)23(20)10-18(24)28-3/h4-9H,10-11H2,1-3H3. The van der Waals surface area contributed by atoms with E-state index in [9.17, 15) is 9.59 Å². The highest BCUT2D eigenvalue weighted by Crippen LogP contribution is 2.36. The molecule has 29 heavy (non-hydrogen) atoms. The smallest absolute Gasteiger partial charge is 0.325 e. The van der Waals surface area contributed by atoms with Gasteiger partial charge in [0.2, 0.25) is 0 Å². The van der Waals surface area contributed by atoms with E-state index in [-0.39, 0.29) is 12.1 Å². The first-order valence-corrected chi connectivity index (χ1v) is 10.4. The number of hydrogen-bond acceptors (Lipinski definition) is 7. The van der Waals surface area contributed by atoms with Crippen molar-refractivity contribution in [3.05, 3.63) is 56.8 Å². The second-order valence-electron chi connectivity index (χ2n) is 5.97. The largest absolute Gasteiger partial charge is 0.493 e. The first-order chi connectivity index (χ1) is 14.0. The average molecular weight is 479 g/mol. The fourth-order valence-electron chi connectivity index (χ4n) is 2.74. The number of rotatable bonds is 7. The van der Waals surface area contributed by atoms with Gasteiger partial charge >= 0.3 is 5.97 Å². The van der Waals surface area contributed by atoms with Crippen molar-refractivity contribution in [2.24, 2.45) is 0 Å². The molecule has 3 rings (SSSR count). The summed E-state index contributed by atoms with van der Waals surface area (Å²) in [5, 5.41) is 0.883. The van der Waals surface area contributed by atoms with Gasteiger partial charge in [-0.25, -0.2) is 4.98 Å². The first-order valence-electron chi connectivity index (χ1n) is 8.58. The number of nitrogens with zero attached hydrogens (tertiary/aromatic N) is 2. The number of para-hydroxylation sites is 1. The molecule has 0 N–H and O–H groups in total. The van der Waals surface area contributed by atoms with E-state index in [1.54, 1.807) is 32.4 Å². The van der Waals surface area contributed by atoms with E-state index in [0.29, 0.717) is 33.3 Å². The highest BCUT2D eigenvalue weighted by Gasteiger charge is 2.16. The third-order valence-electron chi connectivity index (χ3n) is 4.25. The number of ether oxygens (including phenoxy) is 3. The van der Waals surface area contributed by atoms with Crippen molar-refractivity contribution in [3.8, 4) is 11.5 Å². The number of thioether (sulfide) groups is 1. The van der Waals surface area contributed by atoms with Crippen LogP contribution in [0.25, 0.3) is 10.9 Å². The fraction of sp³-hybridized carbons (Fsp3) is 0.250. The molecule has 0 saturated carbocycles. The van der Waals surface area contributed by atoms with Crippen molar-refractivity contribution in [3.63, 3.8) is 0 Å². The van der Waals surface area contributed by atoms with Gasteiger partial charge in [-0.2, -0.15) is 0 Å². The summed E-state index contributed by atoms with van der Waals surface area (Å²) in [6, 6.07) is 10.7. The number of methoxy groups -OCH3 is 3. The van der Waals surface area contributed by atoms with Crippen LogP contribution in [0.4, 0.5) is 0 Å². The Morgan fingerprint density at radius 3 is 2.52 bits per heavy atom. The average Bonchev–Trinajstić information content (AvgIpc) is 2.74. The molecule has 0 aliphatic carbocycles. The molecule has 7 nitrogen and oxygen atoms in total. The van der Waals surface area contributed by atoms with Gasteiger partial charge in [-0.05, 0) is 29.8 Å². The molecule has 0 aliphatic rings. The molecule has 0 bridgehead atoms. The molecule has 2 aromatic carbocycles. The Balaban J connectivity index is 2.00. The minimum atomic E-state index is -0.515. The molecule has 0 atom stereocenters. The normalized spacial score (nSPS) is 10.8. The number of halogens is 1. The Labute approximate surface area is 180 Å². The number of benzene rings is 2. The lowest BCUT2D eigenvalue weighted by molar-refractivity contribution is -0.141. The maximum absolute atomic E-state index is 12.9. The molecule has 0 unspecified atom stereocenters. The molecule has 3 aromatic rings. The zero-order valence-corrected chi connectivity index (χ0v) is 18.5. The van der Waals surface area contributed by atoms with Crippen molar-refractivity contribution in [1.82, 2.24) is 9.55 Å². The Morgan fingerprint density at radius 1 is 1.14 bits per heavy atom. The maximum atomic E-state index is 12.9. The fourth-order valence-corrected chi connectivity index (χ4v) is 4.38. The monoisotopic (exact) mass is 478 g/mol. The number of hydrogen-bond donors (Lipinski definition) is 0. The van der Waals surface area contributed by atoms with Crippen LogP contribution in [0, 0.1) is 0 Å². The molecule has 1 heterocycles. The van der Waals surface area contributed by atoms with Gasteiger partial charge < -0.3 is 14.2 Å². The summed E-state index contributed by atoms with van der Waals surface area (Å²) in [5.41, 5.74) is 1.22. The van der Waals surface area contributed by atoms with Crippen LogP contribution in [-0.4, -0.2) is 36.8 Å². The van der Waals surface area contributed by atoms with E-state index in [2.05, 4.69) is 20.9 Å². The van der Waals surface area contributed by atoms with Crippen LogP contribution in [0.2, 0.25) is 0 Å². The third-order valence-corrected chi connectivity index (χ3v) is 6.01. The molecule has 0 saturated heterocycles. The van der Waals surface area contributed by atoms with Gasteiger partial charge in [-0.3, -0.25) is 14.2 Å². The quantitative estimate of drug-likeness (QED) is 0.291. The SMILES string of the molecule is COC(=O)Cn1c(SCc2cc(OC)c(OC)cc2Br)nc2ccccc2c1=O. The molecule has 0 fully saturated rings. The number of aromatic nitrogens is 2. The van der Waals surface area contributed by atoms with Crippen molar-refractivity contribution < 1.29 is 19.0 Å². The second-order valence-corrected chi connectivity index (χ2v) is 7.76. The molecule has 152 valence electrons. The van der Waals surface area contributed by atoms with Crippen LogP contribution >= 0.6 is 27.7 Å². The summed E-state index contributed by atoms with van der Waals surface area (Å²) in [4.78, 5) is 29.4. The third kappa shape index (κ3) is 4.56. The topological polar surface area (TPSA) is 79.7 Å². The summed E-state index contributed by atoms with van der Waals surface area (Å²) in [6.07, 6.45) is 0. The van der Waals surface area contributed by atoms with Crippen molar-refractivity contribution in [1.29, 1.82) is 0 Å². The molecular weight excluding hydrogens is 460 g/mol. The van der Waals surface area contributed by atoms with Gasteiger partial charge in [0.15, 0.2) is 16.7 Å². The second kappa shape index (κ2) is 9.32. The number of fused-ring (bicyclic) bond motifs is 1. The predicted molar refractivity (Wildman–Crippen MR) is 115 cm³/mol. The molecule has 0 amide bonds. The first kappa shape index (κ1) is 21.2. The Morgan fingerprint density at radius 2 is 1.83 bits per heavy atom. The maximum Gasteiger partial charge on any atom is 0.325 e. The number of esters is 1. The summed E-state index contributed by atoms with van der Waals surface area (Å²) in [5.74, 6) is 1.19. The lowest BCUT2D eigenvalue weighted by atomic mass is 10.2. The molecule has 9 heteroatoms. The van der Waals surface area contributed by atoms with Gasteiger partial charge in [0, 0.05) is 10.2 Å². The van der Waals surface area contributed by atoms with Crippen LogP contribution in [0.15, 0.2) is 50.8 Å². The van der Waals surface area contributed by atoms with E-state index in [1.807, 2.05) is 18.2 Å². The van der Waals surface area contributed by atoms with Crippen LogP contribution in [-0.2, 0) is 21.8 Å². The summed E-state index contributed by atoms with van der Waals surface area (Å²) < 4.78 is 17.6. The van der Waals surface area contributed by atoms with E-state index in [1.165, 1.54) is 23.4 Å². The minimum Gasteiger partial charge on any atom is -0.493 e. The molecule has 1 aromatic heterocycles. The zero-order valence-electron chi connectivity index (χ0n) is 16.1. The number of carbonyl (C=O) groups is 1. The van der Waals surface area contributed by atoms with E-state index in [0.717, 1.165) is 10.0 Å². The highest BCUT2D eigenvalue weighted by atomic mass is 79.9. The van der Waals surface area contributed by atoms with Gasteiger partial charge in [0.05, 0.1) is 32.2 Å². The molecule has 0 radical (unpaired) electrons. The van der Waals surface area contributed by atoms with Crippen LogP contribution < -0.4 is 15.0 Å². The van der Waals surface area contributed by atoms with Crippen molar-refractivity contribution in [2.75, 3.05) is 21.3 Å². The Hall–Kier alpha value is -2.52. The van der Waals surface area contributed by atoms with Gasteiger partial charge in [-0.1, -0.05) is 39.8 Å². The summed E-state index contributed by atoms with van der Waals surface area (Å²) >= 11 is 4.88. The molecular formula is C20H19BrN2O5S. The van der Waals surface area contributed by atoms with E-state index < -0.39 is 5.97 Å². The summed E-state index contributed by atoms with van der Waals surface area (Å²) in [6.45, 7) is -0.206. The summed E-state index contributed by atoms with van der Waals surface area (Å²) in [7, 11) is 4.43. The Bertz CT molecular complexity index is 1120. The minimum absolute atomic E-state index is 0.206. The lowest BCUT2D eigenvalue weighted by Gasteiger charge is -2.14. The van der Waals surface area contributed by atoms with Gasteiger partial charge in [0.1, 0.15) is 6.54 Å².